The minimum Gasteiger partial charge on any atom is -0.481 e. The average molecular weight is 293 g/mol. The molecule has 1 aromatic carbocycles. The van der Waals surface area contributed by atoms with Gasteiger partial charge in [-0.2, -0.15) is 0 Å². The van der Waals surface area contributed by atoms with Gasteiger partial charge in [0, 0.05) is 12.0 Å². The fourth-order valence-corrected chi connectivity index (χ4v) is 2.16. The van der Waals surface area contributed by atoms with Gasteiger partial charge in [0.1, 0.15) is 6.61 Å². The van der Waals surface area contributed by atoms with Gasteiger partial charge in [-0.05, 0) is 24.8 Å². The van der Waals surface area contributed by atoms with E-state index in [1.165, 1.54) is 0 Å². The van der Waals surface area contributed by atoms with Crippen molar-refractivity contribution >= 4 is 12.1 Å². The molecule has 2 N–H and O–H groups in total. The highest BCUT2D eigenvalue weighted by molar-refractivity contribution is 5.69. The van der Waals surface area contributed by atoms with Crippen LogP contribution in [-0.4, -0.2) is 22.7 Å². The van der Waals surface area contributed by atoms with Crippen LogP contribution < -0.4 is 5.32 Å². The first-order valence-electron chi connectivity index (χ1n) is 7.22. The normalized spacial score (nSPS) is 11.0. The molecule has 0 bridgehead atoms. The van der Waals surface area contributed by atoms with Crippen LogP contribution in [0.3, 0.4) is 0 Å². The van der Waals surface area contributed by atoms with Crippen molar-refractivity contribution in [2.24, 2.45) is 0 Å². The summed E-state index contributed by atoms with van der Waals surface area (Å²) in [6.45, 7) is 4.07. The third-order valence-electron chi connectivity index (χ3n) is 3.75. The molecule has 5 heteroatoms. The van der Waals surface area contributed by atoms with Crippen LogP contribution in [0, 0.1) is 0 Å². The Balaban J connectivity index is 2.53. The Bertz CT molecular complexity index is 455. The topological polar surface area (TPSA) is 75.6 Å². The lowest BCUT2D eigenvalue weighted by molar-refractivity contribution is -0.137. The maximum absolute atomic E-state index is 11.9. The van der Waals surface area contributed by atoms with Crippen molar-refractivity contribution in [1.82, 2.24) is 5.32 Å². The van der Waals surface area contributed by atoms with Crippen LogP contribution in [0.25, 0.3) is 0 Å². The number of aliphatic carboxylic acids is 1. The standard InChI is InChI=1S/C16H23NO4/c1-3-16(4-2,11-10-14(18)19)17-15(20)21-12-13-8-6-5-7-9-13/h5-9H,3-4,10-12H2,1-2H3,(H,17,20)(H,18,19). The van der Waals surface area contributed by atoms with Gasteiger partial charge in [0.25, 0.3) is 0 Å². The van der Waals surface area contributed by atoms with Crippen molar-refractivity contribution in [3.8, 4) is 0 Å². The van der Waals surface area contributed by atoms with Crippen molar-refractivity contribution in [2.45, 2.75) is 51.7 Å². The lowest BCUT2D eigenvalue weighted by atomic mass is 9.88. The number of carbonyl (C=O) groups excluding carboxylic acids is 1. The molecule has 1 aromatic rings. The van der Waals surface area contributed by atoms with E-state index >= 15 is 0 Å². The van der Waals surface area contributed by atoms with E-state index in [0.717, 1.165) is 5.56 Å². The second-order valence-electron chi connectivity index (χ2n) is 5.07. The van der Waals surface area contributed by atoms with Crippen LogP contribution in [0.5, 0.6) is 0 Å². The van der Waals surface area contributed by atoms with Crippen LogP contribution >= 0.6 is 0 Å². The quantitative estimate of drug-likeness (QED) is 0.770. The minimum atomic E-state index is -0.860. The molecule has 116 valence electrons. The van der Waals surface area contributed by atoms with Crippen molar-refractivity contribution in [3.63, 3.8) is 0 Å². The SMILES string of the molecule is CCC(CC)(CCC(=O)O)NC(=O)OCc1ccccc1. The smallest absolute Gasteiger partial charge is 0.407 e. The monoisotopic (exact) mass is 293 g/mol. The fraction of sp³-hybridized carbons (Fsp3) is 0.500. The molecule has 0 aliphatic carbocycles. The van der Waals surface area contributed by atoms with Crippen molar-refractivity contribution < 1.29 is 19.4 Å². The van der Waals surface area contributed by atoms with E-state index < -0.39 is 17.6 Å². The molecule has 21 heavy (non-hydrogen) atoms. The molecule has 0 radical (unpaired) electrons. The number of hydrogen-bond donors (Lipinski definition) is 2. The number of ether oxygens (including phenoxy) is 1. The average Bonchev–Trinajstić information content (AvgIpc) is 2.50. The lowest BCUT2D eigenvalue weighted by Crippen LogP contribution is -2.48. The summed E-state index contributed by atoms with van der Waals surface area (Å²) >= 11 is 0. The molecule has 0 atom stereocenters. The number of benzene rings is 1. The Morgan fingerprint density at radius 3 is 2.33 bits per heavy atom. The van der Waals surface area contributed by atoms with Gasteiger partial charge in [-0.1, -0.05) is 44.2 Å². The van der Waals surface area contributed by atoms with Crippen molar-refractivity contribution in [2.75, 3.05) is 0 Å². The Morgan fingerprint density at radius 1 is 1.19 bits per heavy atom. The largest absolute Gasteiger partial charge is 0.481 e. The number of carbonyl (C=O) groups is 2. The van der Waals surface area contributed by atoms with E-state index in [0.29, 0.717) is 19.3 Å². The van der Waals surface area contributed by atoms with Gasteiger partial charge in [0.2, 0.25) is 0 Å². The summed E-state index contributed by atoms with van der Waals surface area (Å²) in [7, 11) is 0. The van der Waals surface area contributed by atoms with Crippen LogP contribution in [0.15, 0.2) is 30.3 Å². The van der Waals surface area contributed by atoms with E-state index in [2.05, 4.69) is 5.32 Å². The van der Waals surface area contributed by atoms with E-state index in [9.17, 15) is 9.59 Å². The lowest BCUT2D eigenvalue weighted by Gasteiger charge is -2.32. The zero-order chi connectivity index (χ0) is 15.7. The molecule has 1 rings (SSSR count). The predicted octanol–water partition coefficient (Wildman–Crippen LogP) is 3.34. The third-order valence-corrected chi connectivity index (χ3v) is 3.75. The highest BCUT2D eigenvalue weighted by atomic mass is 16.5. The molecule has 1 amide bonds. The van der Waals surface area contributed by atoms with Crippen LogP contribution in [0.1, 0.15) is 45.1 Å². The summed E-state index contributed by atoms with van der Waals surface area (Å²) in [5.74, 6) is -0.860. The van der Waals surface area contributed by atoms with Crippen LogP contribution in [0.4, 0.5) is 4.79 Å². The first-order chi connectivity index (χ1) is 10.0. The van der Waals surface area contributed by atoms with Crippen molar-refractivity contribution in [3.05, 3.63) is 35.9 Å². The first kappa shape index (κ1) is 17.0. The maximum atomic E-state index is 11.9. The Morgan fingerprint density at radius 2 is 1.81 bits per heavy atom. The molecule has 0 aromatic heterocycles. The zero-order valence-electron chi connectivity index (χ0n) is 12.6. The van der Waals surface area contributed by atoms with Gasteiger partial charge in [-0.15, -0.1) is 0 Å². The highest BCUT2D eigenvalue weighted by Crippen LogP contribution is 2.22. The molecule has 0 saturated heterocycles. The molecule has 0 saturated carbocycles. The summed E-state index contributed by atoms with van der Waals surface area (Å²) in [6.07, 6.45) is 1.25. The number of carboxylic acid groups (broad SMARTS) is 1. The summed E-state index contributed by atoms with van der Waals surface area (Å²) in [5.41, 5.74) is 0.392. The van der Waals surface area contributed by atoms with Gasteiger partial charge >= 0.3 is 12.1 Å². The highest BCUT2D eigenvalue weighted by Gasteiger charge is 2.29. The Kier molecular flexibility index (Phi) is 6.72. The van der Waals surface area contributed by atoms with Gasteiger partial charge in [-0.3, -0.25) is 4.79 Å². The number of rotatable bonds is 8. The first-order valence-corrected chi connectivity index (χ1v) is 7.22. The molecular formula is C16H23NO4. The van der Waals surface area contributed by atoms with Gasteiger partial charge in [-0.25, -0.2) is 4.79 Å². The fourth-order valence-electron chi connectivity index (χ4n) is 2.16. The number of carboxylic acids is 1. The summed E-state index contributed by atoms with van der Waals surface area (Å²) in [6, 6.07) is 9.42. The molecule has 0 heterocycles. The van der Waals surface area contributed by atoms with Crippen LogP contribution in [-0.2, 0) is 16.1 Å². The molecule has 0 aliphatic rings. The molecule has 0 spiro atoms. The summed E-state index contributed by atoms with van der Waals surface area (Å²) in [5, 5.41) is 11.6. The molecule has 5 nitrogen and oxygen atoms in total. The minimum absolute atomic E-state index is 0.0284. The summed E-state index contributed by atoms with van der Waals surface area (Å²) in [4.78, 5) is 22.6. The third kappa shape index (κ3) is 5.85. The van der Waals surface area contributed by atoms with E-state index in [1.54, 1.807) is 0 Å². The predicted molar refractivity (Wildman–Crippen MR) is 79.9 cm³/mol. The number of nitrogens with one attached hydrogen (secondary N) is 1. The molecule has 0 aliphatic heterocycles. The number of hydrogen-bond acceptors (Lipinski definition) is 3. The van der Waals surface area contributed by atoms with Gasteiger partial charge in [0.05, 0.1) is 0 Å². The summed E-state index contributed by atoms with van der Waals surface area (Å²) < 4.78 is 5.20. The number of amides is 1. The molecule has 0 unspecified atom stereocenters. The van der Waals surface area contributed by atoms with Crippen LogP contribution in [0.2, 0.25) is 0 Å². The maximum Gasteiger partial charge on any atom is 0.407 e. The van der Waals surface area contributed by atoms with Gasteiger partial charge < -0.3 is 15.2 Å². The molecular weight excluding hydrogens is 270 g/mol. The second-order valence-corrected chi connectivity index (χ2v) is 5.07. The Labute approximate surface area is 125 Å². The Hall–Kier alpha value is -2.04. The van der Waals surface area contributed by atoms with Gasteiger partial charge in [0.15, 0.2) is 0 Å². The zero-order valence-corrected chi connectivity index (χ0v) is 12.6. The van der Waals surface area contributed by atoms with Crippen molar-refractivity contribution in [1.29, 1.82) is 0 Å². The number of alkyl carbamates (subject to hydrolysis) is 1. The second kappa shape index (κ2) is 8.29. The van der Waals surface area contributed by atoms with E-state index in [-0.39, 0.29) is 13.0 Å². The molecule has 0 fully saturated rings. The van der Waals surface area contributed by atoms with E-state index in [1.807, 2.05) is 44.2 Å². The van der Waals surface area contributed by atoms with E-state index in [4.69, 9.17) is 9.84 Å².